The SMILES string of the molecule is O=C1CC(c2cc(Cl)ccc2F)CC(=O)N1. The summed E-state index contributed by atoms with van der Waals surface area (Å²) >= 11 is 5.76. The summed E-state index contributed by atoms with van der Waals surface area (Å²) in [6.07, 6.45) is 0.228. The Hall–Kier alpha value is -1.42. The van der Waals surface area contributed by atoms with Crippen LogP contribution in [0.25, 0.3) is 0 Å². The van der Waals surface area contributed by atoms with E-state index in [0.29, 0.717) is 10.6 Å². The lowest BCUT2D eigenvalue weighted by molar-refractivity contribution is -0.133. The summed E-state index contributed by atoms with van der Waals surface area (Å²) in [5.41, 5.74) is 0.329. The van der Waals surface area contributed by atoms with Crippen LogP contribution < -0.4 is 5.32 Å². The van der Waals surface area contributed by atoms with E-state index in [1.807, 2.05) is 0 Å². The Bertz CT molecular complexity index is 445. The molecule has 0 unspecified atom stereocenters. The molecule has 16 heavy (non-hydrogen) atoms. The van der Waals surface area contributed by atoms with Gasteiger partial charge in [0.15, 0.2) is 0 Å². The molecule has 1 aromatic carbocycles. The number of hydrogen-bond acceptors (Lipinski definition) is 2. The lowest BCUT2D eigenvalue weighted by Gasteiger charge is -2.21. The molecule has 0 saturated carbocycles. The zero-order chi connectivity index (χ0) is 11.7. The van der Waals surface area contributed by atoms with E-state index in [1.165, 1.54) is 18.2 Å². The predicted octanol–water partition coefficient (Wildman–Crippen LogP) is 2.00. The van der Waals surface area contributed by atoms with Crippen molar-refractivity contribution in [2.75, 3.05) is 0 Å². The minimum atomic E-state index is -0.433. The minimum Gasteiger partial charge on any atom is -0.296 e. The second kappa shape index (κ2) is 4.22. The third-order valence-corrected chi connectivity index (χ3v) is 2.78. The highest BCUT2D eigenvalue weighted by molar-refractivity contribution is 6.30. The monoisotopic (exact) mass is 241 g/mol. The van der Waals surface area contributed by atoms with Crippen LogP contribution in [0.1, 0.15) is 24.3 Å². The molecular formula is C11H9ClFNO2. The number of carbonyl (C=O) groups excluding carboxylic acids is 2. The third-order valence-electron chi connectivity index (χ3n) is 2.54. The molecule has 0 aromatic heterocycles. The van der Waals surface area contributed by atoms with Gasteiger partial charge in [0.05, 0.1) is 0 Å². The summed E-state index contributed by atoms with van der Waals surface area (Å²) in [6, 6.07) is 4.15. The number of amides is 2. The van der Waals surface area contributed by atoms with Gasteiger partial charge in [-0.05, 0) is 23.8 Å². The Balaban J connectivity index is 2.32. The Morgan fingerprint density at radius 2 is 1.88 bits per heavy atom. The zero-order valence-corrected chi connectivity index (χ0v) is 9.05. The van der Waals surface area contributed by atoms with Gasteiger partial charge in [0.25, 0.3) is 0 Å². The number of benzene rings is 1. The minimum absolute atomic E-state index is 0.114. The predicted molar refractivity (Wildman–Crippen MR) is 56.5 cm³/mol. The Kier molecular flexibility index (Phi) is 2.92. The van der Waals surface area contributed by atoms with Gasteiger partial charge in [-0.1, -0.05) is 11.6 Å². The third kappa shape index (κ3) is 2.22. The van der Waals surface area contributed by atoms with Gasteiger partial charge in [0.2, 0.25) is 11.8 Å². The molecule has 1 aliphatic rings. The van der Waals surface area contributed by atoms with Crippen molar-refractivity contribution >= 4 is 23.4 Å². The summed E-state index contributed by atoms with van der Waals surface area (Å²) in [6.45, 7) is 0. The Labute approximate surface area is 96.6 Å². The molecule has 1 saturated heterocycles. The number of hydrogen-bond donors (Lipinski definition) is 1. The van der Waals surface area contributed by atoms with Gasteiger partial charge >= 0.3 is 0 Å². The van der Waals surface area contributed by atoms with Gasteiger partial charge in [-0.3, -0.25) is 14.9 Å². The molecule has 0 atom stereocenters. The molecule has 1 aromatic rings. The van der Waals surface area contributed by atoms with Crippen molar-refractivity contribution in [3.05, 3.63) is 34.6 Å². The maximum atomic E-state index is 13.5. The van der Waals surface area contributed by atoms with Crippen LogP contribution in [0.3, 0.4) is 0 Å². The van der Waals surface area contributed by atoms with E-state index < -0.39 is 11.7 Å². The van der Waals surface area contributed by atoms with Crippen LogP contribution >= 0.6 is 11.6 Å². The summed E-state index contributed by atoms with van der Waals surface area (Å²) < 4.78 is 13.5. The van der Waals surface area contributed by atoms with Crippen molar-refractivity contribution in [1.82, 2.24) is 5.32 Å². The number of nitrogens with one attached hydrogen (secondary N) is 1. The van der Waals surface area contributed by atoms with Crippen LogP contribution in [-0.2, 0) is 9.59 Å². The molecule has 2 amide bonds. The van der Waals surface area contributed by atoms with Crippen molar-refractivity contribution in [2.24, 2.45) is 0 Å². The quantitative estimate of drug-likeness (QED) is 0.765. The molecular weight excluding hydrogens is 233 g/mol. The van der Waals surface area contributed by atoms with Crippen LogP contribution in [0.4, 0.5) is 4.39 Å². The average molecular weight is 242 g/mol. The fourth-order valence-electron chi connectivity index (χ4n) is 1.82. The maximum Gasteiger partial charge on any atom is 0.227 e. The Morgan fingerprint density at radius 3 is 2.50 bits per heavy atom. The number of imide groups is 1. The lowest BCUT2D eigenvalue weighted by Crippen LogP contribution is -2.37. The van der Waals surface area contributed by atoms with Gasteiger partial charge in [-0.15, -0.1) is 0 Å². The first-order valence-corrected chi connectivity index (χ1v) is 5.21. The van der Waals surface area contributed by atoms with Gasteiger partial charge in [-0.25, -0.2) is 4.39 Å². The van der Waals surface area contributed by atoms with Gasteiger partial charge in [-0.2, -0.15) is 0 Å². The fraction of sp³-hybridized carbons (Fsp3) is 0.273. The molecule has 0 aliphatic carbocycles. The molecule has 3 nitrogen and oxygen atoms in total. The number of piperidine rings is 1. The highest BCUT2D eigenvalue weighted by Crippen LogP contribution is 2.30. The van der Waals surface area contributed by atoms with Crippen LogP contribution in [0.5, 0.6) is 0 Å². The lowest BCUT2D eigenvalue weighted by atomic mass is 9.89. The highest BCUT2D eigenvalue weighted by Gasteiger charge is 2.28. The zero-order valence-electron chi connectivity index (χ0n) is 8.30. The van der Waals surface area contributed by atoms with Crippen LogP contribution in [-0.4, -0.2) is 11.8 Å². The smallest absolute Gasteiger partial charge is 0.227 e. The molecule has 0 bridgehead atoms. The van der Waals surface area contributed by atoms with Gasteiger partial charge in [0.1, 0.15) is 5.82 Å². The first kappa shape index (κ1) is 11.1. The van der Waals surface area contributed by atoms with Crippen molar-refractivity contribution in [1.29, 1.82) is 0 Å². The number of carbonyl (C=O) groups is 2. The van der Waals surface area contributed by atoms with E-state index >= 15 is 0 Å². The standard InChI is InChI=1S/C11H9ClFNO2/c12-7-1-2-9(13)8(5-7)6-3-10(15)14-11(16)4-6/h1-2,5-6H,3-4H2,(H,14,15,16). The summed E-state index contributed by atoms with van der Waals surface area (Å²) in [7, 11) is 0. The first-order valence-electron chi connectivity index (χ1n) is 4.84. The van der Waals surface area contributed by atoms with E-state index in [2.05, 4.69) is 5.32 Å². The highest BCUT2D eigenvalue weighted by atomic mass is 35.5. The molecule has 84 valence electrons. The van der Waals surface area contributed by atoms with Crippen molar-refractivity contribution < 1.29 is 14.0 Å². The van der Waals surface area contributed by atoms with Gasteiger partial charge < -0.3 is 0 Å². The van der Waals surface area contributed by atoms with Crippen molar-refractivity contribution in [2.45, 2.75) is 18.8 Å². The molecule has 2 rings (SSSR count). The normalized spacial score (nSPS) is 17.4. The van der Waals surface area contributed by atoms with Crippen LogP contribution in [0.15, 0.2) is 18.2 Å². The first-order chi connectivity index (χ1) is 7.56. The van der Waals surface area contributed by atoms with Crippen molar-refractivity contribution in [3.8, 4) is 0 Å². The van der Waals surface area contributed by atoms with E-state index in [1.54, 1.807) is 0 Å². The fourth-order valence-corrected chi connectivity index (χ4v) is 2.01. The average Bonchev–Trinajstić information content (AvgIpc) is 2.20. The number of rotatable bonds is 1. The largest absolute Gasteiger partial charge is 0.296 e. The van der Waals surface area contributed by atoms with Crippen LogP contribution in [0.2, 0.25) is 5.02 Å². The van der Waals surface area contributed by atoms with Crippen LogP contribution in [0, 0.1) is 5.82 Å². The summed E-state index contributed by atoms with van der Waals surface area (Å²) in [5.74, 6) is -1.60. The van der Waals surface area contributed by atoms with E-state index in [0.717, 1.165) is 0 Å². The molecule has 0 spiro atoms. The van der Waals surface area contributed by atoms with Crippen molar-refractivity contribution in [3.63, 3.8) is 0 Å². The molecule has 1 fully saturated rings. The topological polar surface area (TPSA) is 46.2 Å². The summed E-state index contributed by atoms with van der Waals surface area (Å²) in [5, 5.41) is 2.58. The number of halogens is 2. The molecule has 1 heterocycles. The maximum absolute atomic E-state index is 13.5. The van der Waals surface area contributed by atoms with E-state index in [4.69, 9.17) is 11.6 Å². The molecule has 5 heteroatoms. The van der Waals surface area contributed by atoms with E-state index in [9.17, 15) is 14.0 Å². The second-order valence-electron chi connectivity index (χ2n) is 3.74. The second-order valence-corrected chi connectivity index (χ2v) is 4.18. The molecule has 1 N–H and O–H groups in total. The Morgan fingerprint density at radius 1 is 1.25 bits per heavy atom. The van der Waals surface area contributed by atoms with E-state index in [-0.39, 0.29) is 24.7 Å². The van der Waals surface area contributed by atoms with Gasteiger partial charge in [0, 0.05) is 23.8 Å². The molecule has 1 aliphatic heterocycles. The molecule has 0 radical (unpaired) electrons. The summed E-state index contributed by atoms with van der Waals surface area (Å²) in [4.78, 5) is 22.3.